The molecule has 2 aromatic carbocycles. The molecule has 3 aromatic rings. The molecule has 0 aliphatic carbocycles. The maximum atomic E-state index is 12.3. The number of nitrogens with one attached hydrogen (secondary N) is 2. The molecule has 0 unspecified atom stereocenters. The van der Waals surface area contributed by atoms with Gasteiger partial charge in [-0.3, -0.25) is 4.79 Å². The Hall–Kier alpha value is -3.14. The molecule has 4 nitrogen and oxygen atoms in total. The lowest BCUT2D eigenvalue weighted by Crippen LogP contribution is -2.15. The fourth-order valence-corrected chi connectivity index (χ4v) is 3.14. The molecular weight excluding hydrogens is 346 g/mol. The topological polar surface area (TPSA) is 54.0 Å². The van der Waals surface area contributed by atoms with Crippen molar-refractivity contribution in [3.05, 3.63) is 83.6 Å². The summed E-state index contributed by atoms with van der Waals surface area (Å²) in [5, 5.41) is 6.29. The van der Waals surface area contributed by atoms with E-state index >= 15 is 0 Å². The zero-order chi connectivity index (χ0) is 20.1. The summed E-state index contributed by atoms with van der Waals surface area (Å²) in [6.07, 6.45) is 2.02. The first kappa shape index (κ1) is 19.6. The second-order valence-electron chi connectivity index (χ2n) is 8.07. The van der Waals surface area contributed by atoms with Gasteiger partial charge in [0, 0.05) is 5.69 Å². The molecule has 0 saturated heterocycles. The minimum atomic E-state index is -0.0498. The van der Waals surface area contributed by atoms with E-state index in [1.165, 1.54) is 5.56 Å². The molecule has 1 heterocycles. The fourth-order valence-electron chi connectivity index (χ4n) is 3.14. The molecular formula is C24H27N3O. The van der Waals surface area contributed by atoms with Crippen molar-refractivity contribution in [1.29, 1.82) is 0 Å². The molecule has 0 aliphatic heterocycles. The molecule has 4 heteroatoms. The van der Waals surface area contributed by atoms with Crippen LogP contribution in [0.2, 0.25) is 0 Å². The number of carbonyl (C=O) groups excluding carboxylic acids is 1. The van der Waals surface area contributed by atoms with E-state index in [0.29, 0.717) is 12.1 Å². The summed E-state index contributed by atoms with van der Waals surface area (Å²) < 4.78 is 0. The van der Waals surface area contributed by atoms with Crippen molar-refractivity contribution in [1.82, 2.24) is 4.98 Å². The van der Waals surface area contributed by atoms with Gasteiger partial charge in [-0.2, -0.15) is 0 Å². The van der Waals surface area contributed by atoms with E-state index in [9.17, 15) is 4.79 Å². The number of aromatic nitrogens is 1. The average molecular weight is 374 g/mol. The first-order valence-electron chi connectivity index (χ1n) is 9.49. The molecule has 1 amide bonds. The number of anilines is 3. The second-order valence-corrected chi connectivity index (χ2v) is 8.07. The molecule has 0 bridgehead atoms. The minimum absolute atomic E-state index is 0.0350. The van der Waals surface area contributed by atoms with Crippen LogP contribution in [0.5, 0.6) is 0 Å². The van der Waals surface area contributed by atoms with Crippen molar-refractivity contribution in [2.24, 2.45) is 0 Å². The highest BCUT2D eigenvalue weighted by Crippen LogP contribution is 2.30. The van der Waals surface area contributed by atoms with Crippen LogP contribution in [0.25, 0.3) is 0 Å². The van der Waals surface area contributed by atoms with Gasteiger partial charge in [0.25, 0.3) is 0 Å². The van der Waals surface area contributed by atoms with E-state index in [-0.39, 0.29) is 11.3 Å². The van der Waals surface area contributed by atoms with Crippen LogP contribution in [0.4, 0.5) is 17.2 Å². The third-order valence-electron chi connectivity index (χ3n) is 4.49. The Morgan fingerprint density at radius 1 is 1.00 bits per heavy atom. The molecule has 0 fully saturated rings. The smallest absolute Gasteiger partial charge is 0.228 e. The van der Waals surface area contributed by atoms with Gasteiger partial charge in [-0.15, -0.1) is 0 Å². The zero-order valence-corrected chi connectivity index (χ0v) is 16.9. The summed E-state index contributed by atoms with van der Waals surface area (Å²) in [7, 11) is 0. The molecule has 1 aromatic heterocycles. The summed E-state index contributed by atoms with van der Waals surface area (Å²) in [5.41, 5.74) is 5.15. The second kappa shape index (κ2) is 8.26. The molecule has 2 N–H and O–H groups in total. The number of nitrogens with zero attached hydrogens (tertiary/aromatic N) is 1. The van der Waals surface area contributed by atoms with Crippen LogP contribution in [0.1, 0.15) is 37.5 Å². The number of hydrogen-bond donors (Lipinski definition) is 2. The quantitative estimate of drug-likeness (QED) is 0.611. The molecule has 3 rings (SSSR count). The molecule has 0 atom stereocenters. The summed E-state index contributed by atoms with van der Waals surface area (Å²) in [6, 6.07) is 20.0. The zero-order valence-electron chi connectivity index (χ0n) is 16.9. The highest BCUT2D eigenvalue weighted by Gasteiger charge is 2.17. The van der Waals surface area contributed by atoms with Gasteiger partial charge in [0.1, 0.15) is 5.82 Å². The van der Waals surface area contributed by atoms with Gasteiger partial charge in [0.15, 0.2) is 0 Å². The van der Waals surface area contributed by atoms with Gasteiger partial charge in [0.2, 0.25) is 5.91 Å². The van der Waals surface area contributed by atoms with Crippen LogP contribution in [0.15, 0.2) is 66.9 Å². The van der Waals surface area contributed by atoms with Crippen LogP contribution in [-0.2, 0) is 16.6 Å². The monoisotopic (exact) mass is 373 g/mol. The van der Waals surface area contributed by atoms with Crippen molar-refractivity contribution >= 4 is 23.1 Å². The third kappa shape index (κ3) is 5.19. The Bertz CT molecular complexity index is 956. The fraction of sp³-hybridized carbons (Fsp3) is 0.250. The number of amides is 1. The summed E-state index contributed by atoms with van der Waals surface area (Å²) in [5.74, 6) is 0.694. The van der Waals surface area contributed by atoms with Crippen molar-refractivity contribution in [3.63, 3.8) is 0 Å². The number of rotatable bonds is 5. The van der Waals surface area contributed by atoms with Crippen molar-refractivity contribution in [3.8, 4) is 0 Å². The highest BCUT2D eigenvalue weighted by molar-refractivity contribution is 5.92. The summed E-state index contributed by atoms with van der Waals surface area (Å²) in [6.45, 7) is 8.59. The van der Waals surface area contributed by atoms with E-state index in [1.807, 2.05) is 55.5 Å². The number of para-hydroxylation sites is 1. The van der Waals surface area contributed by atoms with Crippen molar-refractivity contribution in [2.75, 3.05) is 10.6 Å². The first-order chi connectivity index (χ1) is 13.3. The number of pyridine rings is 1. The molecule has 0 radical (unpaired) electrons. The first-order valence-corrected chi connectivity index (χ1v) is 9.49. The molecule has 28 heavy (non-hydrogen) atoms. The number of benzene rings is 2. The Kier molecular flexibility index (Phi) is 5.78. The summed E-state index contributed by atoms with van der Waals surface area (Å²) in [4.78, 5) is 16.7. The average Bonchev–Trinajstić information content (AvgIpc) is 2.63. The highest BCUT2D eigenvalue weighted by atomic mass is 16.1. The summed E-state index contributed by atoms with van der Waals surface area (Å²) >= 11 is 0. The number of carbonyl (C=O) groups is 1. The molecule has 0 aliphatic rings. The lowest BCUT2D eigenvalue weighted by molar-refractivity contribution is -0.115. The Labute approximate surface area is 167 Å². The Morgan fingerprint density at radius 2 is 1.79 bits per heavy atom. The van der Waals surface area contributed by atoms with Gasteiger partial charge in [0.05, 0.1) is 18.3 Å². The number of aryl methyl sites for hydroxylation is 1. The van der Waals surface area contributed by atoms with Crippen LogP contribution in [0, 0.1) is 6.92 Å². The van der Waals surface area contributed by atoms with Gasteiger partial charge in [-0.1, -0.05) is 68.8 Å². The molecule has 0 spiro atoms. The van der Waals surface area contributed by atoms with Crippen molar-refractivity contribution in [2.45, 2.75) is 39.5 Å². The van der Waals surface area contributed by atoms with Gasteiger partial charge < -0.3 is 10.6 Å². The SMILES string of the molecule is Cc1cccc(CC(=O)Nc2ccc(Nc3ccccc3C(C)(C)C)nc2)c1. The van der Waals surface area contributed by atoms with E-state index in [1.54, 1.807) is 6.20 Å². The van der Waals surface area contributed by atoms with E-state index < -0.39 is 0 Å². The normalized spacial score (nSPS) is 11.1. The maximum Gasteiger partial charge on any atom is 0.228 e. The number of hydrogen-bond acceptors (Lipinski definition) is 3. The lowest BCUT2D eigenvalue weighted by atomic mass is 9.86. The van der Waals surface area contributed by atoms with Gasteiger partial charge >= 0.3 is 0 Å². The maximum absolute atomic E-state index is 12.3. The van der Waals surface area contributed by atoms with Crippen LogP contribution < -0.4 is 10.6 Å². The molecule has 144 valence electrons. The van der Waals surface area contributed by atoms with Crippen LogP contribution >= 0.6 is 0 Å². The van der Waals surface area contributed by atoms with E-state index in [0.717, 1.165) is 22.6 Å². The largest absolute Gasteiger partial charge is 0.340 e. The van der Waals surface area contributed by atoms with Crippen LogP contribution in [0.3, 0.4) is 0 Å². The third-order valence-corrected chi connectivity index (χ3v) is 4.49. The minimum Gasteiger partial charge on any atom is -0.340 e. The predicted octanol–water partition coefficient (Wildman–Crippen LogP) is 5.61. The van der Waals surface area contributed by atoms with Crippen molar-refractivity contribution < 1.29 is 4.79 Å². The molecule has 0 saturated carbocycles. The Morgan fingerprint density at radius 3 is 2.46 bits per heavy atom. The van der Waals surface area contributed by atoms with E-state index in [2.05, 4.69) is 48.5 Å². The van der Waals surface area contributed by atoms with E-state index in [4.69, 9.17) is 0 Å². The van der Waals surface area contributed by atoms with Gasteiger partial charge in [-0.25, -0.2) is 4.98 Å². The lowest BCUT2D eigenvalue weighted by Gasteiger charge is -2.23. The van der Waals surface area contributed by atoms with Crippen LogP contribution in [-0.4, -0.2) is 10.9 Å². The Balaban J connectivity index is 1.65. The predicted molar refractivity (Wildman–Crippen MR) is 116 cm³/mol. The van der Waals surface area contributed by atoms with Gasteiger partial charge in [-0.05, 0) is 41.7 Å². The standard InChI is InChI=1S/C24H27N3O/c1-17-8-7-9-18(14-17)15-23(28)26-19-12-13-22(25-16-19)27-21-11-6-5-10-20(21)24(2,3)4/h5-14,16H,15H2,1-4H3,(H,25,27)(H,26,28).